The van der Waals surface area contributed by atoms with Crippen molar-refractivity contribution in [3.63, 3.8) is 0 Å². The van der Waals surface area contributed by atoms with Crippen LogP contribution in [0, 0.1) is 0 Å². The zero-order valence-electron chi connectivity index (χ0n) is 54.7. The summed E-state index contributed by atoms with van der Waals surface area (Å²) >= 11 is 0. The Morgan fingerprint density at radius 2 is 0.257 bits per heavy atom. The van der Waals surface area contributed by atoms with Gasteiger partial charge in [0, 0.05) is 0 Å². The van der Waals surface area contributed by atoms with Gasteiger partial charge < -0.3 is 47.4 Å². The standard InChI is InChI=1S/C50H40O20/c51-41-31-1-2-32(4-3-31)42(52)62-23-24-64-44(54)34-9-11-36(12-10-34)46(56)66-27-28-68-48(58)38-17-19-40(20-18-38)50(60)70-30-29-69-49(59)39-15-13-37(14-16-39)47(57)67-26-25-65-45(55)35-7-5-33(6-8-35)43(53)63-22-21-61-41/h1-20H,21-30H2/i21D2,22D2,23D2,24D2,25D2,26D2,27D2,28D2,29D2,30D2. The summed E-state index contributed by atoms with van der Waals surface area (Å²) in [5.74, 6) is -16.6. The monoisotopic (exact) mass is 980 g/mol. The molecule has 5 aromatic carbocycles. The van der Waals surface area contributed by atoms with Gasteiger partial charge in [-0.05, 0) is 121 Å². The van der Waals surface area contributed by atoms with Crippen molar-refractivity contribution < 1.29 is 123 Å². The third kappa shape index (κ3) is 14.6. The van der Waals surface area contributed by atoms with Gasteiger partial charge in [-0.3, -0.25) is 0 Å². The number of ether oxygens (including phenoxy) is 10. The van der Waals surface area contributed by atoms with Crippen molar-refractivity contribution in [3.05, 3.63) is 177 Å². The molecule has 5 aromatic rings. The molecule has 0 N–H and O–H groups in total. The molecule has 0 saturated heterocycles. The number of carbonyl (C=O) groups excluding carboxylic acids is 10. The van der Waals surface area contributed by atoms with E-state index in [2.05, 4.69) is 47.4 Å². The fraction of sp³-hybridized carbons (Fsp3) is 0.200. The Morgan fingerprint density at radius 1 is 0.186 bits per heavy atom. The highest BCUT2D eigenvalue weighted by Gasteiger charge is 2.18. The normalized spacial score (nSPS) is 27.4. The molecule has 0 atom stereocenters. The lowest BCUT2D eigenvalue weighted by molar-refractivity contribution is 0.0260. The fourth-order valence-corrected chi connectivity index (χ4v) is 4.97. The maximum absolute atomic E-state index is 13.0. The quantitative estimate of drug-likeness (QED) is 0.145. The second kappa shape index (κ2) is 25.1. The molecule has 10 bridgehead atoms. The average Bonchev–Trinajstić information content (AvgIpc) is 1.24. The predicted octanol–water partition coefficient (Wildman–Crippen LogP) is 5.07. The Morgan fingerprint density at radius 3 is 0.329 bits per heavy atom. The highest BCUT2D eigenvalue weighted by molar-refractivity contribution is 5.97. The summed E-state index contributed by atoms with van der Waals surface area (Å²) in [5, 5.41) is 0. The van der Waals surface area contributed by atoms with E-state index in [0.29, 0.717) is 0 Å². The van der Waals surface area contributed by atoms with Crippen LogP contribution >= 0.6 is 0 Å². The molecule has 360 valence electrons. The van der Waals surface area contributed by atoms with E-state index in [4.69, 9.17) is 27.4 Å². The topological polar surface area (TPSA) is 263 Å². The zero-order chi connectivity index (χ0) is 67.8. The second-order valence-electron chi connectivity index (χ2n) is 12.8. The van der Waals surface area contributed by atoms with Crippen molar-refractivity contribution in [1.29, 1.82) is 0 Å². The summed E-state index contributed by atoms with van der Waals surface area (Å²) in [7, 11) is 0. The number of hydrogen-bond donors (Lipinski definition) is 0. The highest BCUT2D eigenvalue weighted by Crippen LogP contribution is 2.14. The molecule has 6 heterocycles. The van der Waals surface area contributed by atoms with E-state index in [0.717, 1.165) is 121 Å². The molecule has 6 aliphatic rings. The zero-order valence-corrected chi connectivity index (χ0v) is 34.7. The van der Waals surface area contributed by atoms with Gasteiger partial charge in [-0.2, -0.15) is 0 Å². The van der Waals surface area contributed by atoms with Crippen LogP contribution in [0.25, 0.3) is 0 Å². The predicted molar refractivity (Wildman–Crippen MR) is 235 cm³/mol. The lowest BCUT2D eigenvalue weighted by Crippen LogP contribution is -2.16. The van der Waals surface area contributed by atoms with E-state index in [1.165, 1.54) is 0 Å². The van der Waals surface area contributed by atoms with Crippen LogP contribution in [0.15, 0.2) is 121 Å². The van der Waals surface area contributed by atoms with Crippen molar-refractivity contribution >= 4 is 59.7 Å². The Hall–Kier alpha value is -9.20. The molecule has 0 aromatic heterocycles. The number of hydrogen-bond acceptors (Lipinski definition) is 20. The Balaban J connectivity index is 1.23. The number of esters is 10. The smallest absolute Gasteiger partial charge is 0.338 e. The largest absolute Gasteiger partial charge is 0.458 e. The lowest BCUT2D eigenvalue weighted by Gasteiger charge is -2.09. The molecular formula is C50H40O20. The minimum Gasteiger partial charge on any atom is -0.458 e. The van der Waals surface area contributed by atoms with Crippen LogP contribution < -0.4 is 0 Å². The summed E-state index contributed by atoms with van der Waals surface area (Å²) in [5.41, 5.74) is -6.23. The number of carbonyl (C=O) groups is 10. The highest BCUT2D eigenvalue weighted by atomic mass is 16.6. The summed E-state index contributed by atoms with van der Waals surface area (Å²) in [6.07, 6.45) is 0. The number of benzene rings is 5. The SMILES string of the molecule is [2H]C1([2H])OC(=O)c2ccc(cc2)C(=O)OC([2H])([2H])C([2H])([2H])OC(=O)c2ccc(cc2)C(=O)OC([2H])([2H])C([2H])([2H])OC(=O)c2ccc(cc2)C(=O)OC([2H])([2H])C([2H])([2H])OC(=O)c2ccc(cc2)C(=O)OC([2H])([2H])C([2H])([2H])OC(=O)c2ccc(cc2)C(=O)OC1([2H])[2H]. The summed E-state index contributed by atoms with van der Waals surface area (Å²) < 4.78 is 207. The molecule has 20 heteroatoms. The van der Waals surface area contributed by atoms with E-state index in [1.807, 2.05) is 0 Å². The molecule has 6 aliphatic heterocycles. The van der Waals surface area contributed by atoms with Crippen molar-refractivity contribution in [2.45, 2.75) is 0 Å². The number of rotatable bonds is 0. The van der Waals surface area contributed by atoms with E-state index in [-0.39, 0.29) is 0 Å². The average molecular weight is 981 g/mol. The van der Waals surface area contributed by atoms with Gasteiger partial charge in [-0.25, -0.2) is 47.9 Å². The van der Waals surface area contributed by atoms with E-state index in [9.17, 15) is 47.9 Å². The molecule has 0 unspecified atom stereocenters. The molecule has 0 saturated carbocycles. The van der Waals surface area contributed by atoms with E-state index in [1.54, 1.807) is 0 Å². The van der Waals surface area contributed by atoms with Gasteiger partial charge in [0.25, 0.3) is 0 Å². The van der Waals surface area contributed by atoms with Crippen LogP contribution in [-0.4, -0.2) is 125 Å². The second-order valence-corrected chi connectivity index (χ2v) is 12.8. The molecule has 0 radical (unpaired) electrons. The van der Waals surface area contributed by atoms with Gasteiger partial charge in [0.05, 0.1) is 83.0 Å². The summed E-state index contributed by atoms with van der Waals surface area (Å²) in [4.78, 5) is 130. The van der Waals surface area contributed by atoms with Gasteiger partial charge >= 0.3 is 59.7 Å². The molecule has 0 aliphatic carbocycles. The molecule has 0 amide bonds. The first kappa shape index (κ1) is 29.5. The molecule has 0 spiro atoms. The van der Waals surface area contributed by atoms with Gasteiger partial charge in [0.2, 0.25) is 0 Å². The van der Waals surface area contributed by atoms with Crippen LogP contribution in [0.4, 0.5) is 0 Å². The summed E-state index contributed by atoms with van der Waals surface area (Å²) in [6, 6.07) is 15.0. The molecule has 70 heavy (non-hydrogen) atoms. The number of fused-ring (bicyclic) bond motifs is 5. The van der Waals surface area contributed by atoms with Crippen LogP contribution in [-0.2, 0) is 47.4 Å². The van der Waals surface area contributed by atoms with E-state index < -0.39 is 181 Å². The third-order valence-corrected chi connectivity index (χ3v) is 8.43. The van der Waals surface area contributed by atoms with Gasteiger partial charge in [-0.15, -0.1) is 0 Å². The maximum Gasteiger partial charge on any atom is 0.338 e. The Labute approximate surface area is 425 Å². The van der Waals surface area contributed by atoms with Crippen molar-refractivity contribution in [1.82, 2.24) is 0 Å². The van der Waals surface area contributed by atoms with Crippen LogP contribution in [0.2, 0.25) is 0 Å². The van der Waals surface area contributed by atoms with Crippen LogP contribution in [0.5, 0.6) is 0 Å². The molecule has 11 rings (SSSR count). The molecule has 20 nitrogen and oxygen atoms in total. The Bertz CT molecular complexity index is 2860. The Kier molecular flexibility index (Phi) is 10.6. The van der Waals surface area contributed by atoms with Crippen molar-refractivity contribution in [3.8, 4) is 0 Å². The molecular weight excluding hydrogens is 921 g/mol. The first-order valence-corrected chi connectivity index (χ1v) is 19.0. The van der Waals surface area contributed by atoms with Gasteiger partial charge in [0.1, 0.15) is 65.6 Å². The van der Waals surface area contributed by atoms with E-state index >= 15 is 0 Å². The minimum absolute atomic E-state index is 0.623. The fourth-order valence-electron chi connectivity index (χ4n) is 4.97. The first-order valence-electron chi connectivity index (χ1n) is 29.0. The van der Waals surface area contributed by atoms with Gasteiger partial charge in [0.15, 0.2) is 0 Å². The third-order valence-electron chi connectivity index (χ3n) is 8.43. The van der Waals surface area contributed by atoms with Crippen LogP contribution in [0.1, 0.15) is 131 Å². The van der Waals surface area contributed by atoms with Crippen molar-refractivity contribution in [2.24, 2.45) is 0 Å². The summed E-state index contributed by atoms with van der Waals surface area (Å²) in [6.45, 7) is -38.3. The first-order chi connectivity index (χ1) is 41.1. The van der Waals surface area contributed by atoms with Crippen LogP contribution in [0.3, 0.4) is 0 Å². The van der Waals surface area contributed by atoms with Gasteiger partial charge in [-0.1, -0.05) is 0 Å². The lowest BCUT2D eigenvalue weighted by atomic mass is 10.1. The maximum atomic E-state index is 13.0. The molecule has 0 fully saturated rings. The minimum atomic E-state index is -3.83. The van der Waals surface area contributed by atoms with Crippen molar-refractivity contribution in [2.75, 3.05) is 65.6 Å².